The van der Waals surface area contributed by atoms with Gasteiger partial charge in [-0.15, -0.1) is 11.3 Å². The highest BCUT2D eigenvalue weighted by Crippen LogP contribution is 2.41. The average Bonchev–Trinajstić information content (AvgIpc) is 3.04. The Hall–Kier alpha value is -2.99. The molecule has 2 aromatic carbocycles. The highest BCUT2D eigenvalue weighted by molar-refractivity contribution is 7.26. The maximum absolute atomic E-state index is 11.7. The lowest BCUT2D eigenvalue weighted by atomic mass is 10.1. The van der Waals surface area contributed by atoms with E-state index in [-0.39, 0.29) is 10.6 Å². The number of hydrogen-bond donors (Lipinski definition) is 1. The second kappa shape index (κ2) is 7.56. The second-order valence-electron chi connectivity index (χ2n) is 6.90. The molecule has 2 aromatic heterocycles. The van der Waals surface area contributed by atoms with Crippen LogP contribution in [-0.4, -0.2) is 9.91 Å². The Kier molecular flexibility index (Phi) is 4.96. The van der Waals surface area contributed by atoms with Gasteiger partial charge in [-0.25, -0.2) is 0 Å². The predicted molar refractivity (Wildman–Crippen MR) is 116 cm³/mol. The van der Waals surface area contributed by atoms with Crippen molar-refractivity contribution >= 4 is 42.9 Å². The molecule has 0 aliphatic rings. The molecule has 0 atom stereocenters. The molecule has 0 aliphatic carbocycles. The summed E-state index contributed by atoms with van der Waals surface area (Å²) in [5.41, 5.74) is 3.80. The summed E-state index contributed by atoms with van der Waals surface area (Å²) in [6.07, 6.45) is 1.93. The average molecular weight is 391 g/mol. The van der Waals surface area contributed by atoms with Crippen molar-refractivity contribution < 1.29 is 4.92 Å². The van der Waals surface area contributed by atoms with Crippen molar-refractivity contribution in [1.29, 1.82) is 0 Å². The van der Waals surface area contributed by atoms with E-state index >= 15 is 0 Å². The highest BCUT2D eigenvalue weighted by Gasteiger charge is 2.19. The highest BCUT2D eigenvalue weighted by atomic mass is 32.1. The Balaban J connectivity index is 1.85. The SMILES string of the molecule is CCCc1nc(C)cc2c1sc1cc([N+](=O)[O-])c(NCc3ccccc3)cc12. The zero-order valence-corrected chi connectivity index (χ0v) is 16.7. The number of thiophene rings is 1. The van der Waals surface area contributed by atoms with Crippen LogP contribution in [0.3, 0.4) is 0 Å². The van der Waals surface area contributed by atoms with Gasteiger partial charge in [0.25, 0.3) is 5.69 Å². The number of nitro benzene ring substituents is 1. The molecule has 0 spiro atoms. The van der Waals surface area contributed by atoms with Crippen molar-refractivity contribution in [1.82, 2.24) is 4.98 Å². The topological polar surface area (TPSA) is 68.1 Å². The standard InChI is InChI=1S/C22H21N3O2S/c1-3-7-18-22-17(10-14(2)24-18)16-11-19(20(25(26)27)12-21(16)28-22)23-13-15-8-5-4-6-9-15/h4-6,8-12,23H,3,7,13H2,1-2H3. The van der Waals surface area contributed by atoms with Gasteiger partial charge in [-0.2, -0.15) is 0 Å². The number of nitrogens with one attached hydrogen (secondary N) is 1. The third-order valence-electron chi connectivity index (χ3n) is 4.78. The van der Waals surface area contributed by atoms with Crippen LogP contribution in [0.2, 0.25) is 0 Å². The first-order valence-electron chi connectivity index (χ1n) is 9.35. The molecule has 4 aromatic rings. The summed E-state index contributed by atoms with van der Waals surface area (Å²) >= 11 is 1.60. The Morgan fingerprint density at radius 3 is 2.64 bits per heavy atom. The second-order valence-corrected chi connectivity index (χ2v) is 7.95. The lowest BCUT2D eigenvalue weighted by molar-refractivity contribution is -0.383. The van der Waals surface area contributed by atoms with E-state index in [4.69, 9.17) is 4.98 Å². The summed E-state index contributed by atoms with van der Waals surface area (Å²) in [4.78, 5) is 16.1. The minimum absolute atomic E-state index is 0.108. The van der Waals surface area contributed by atoms with Gasteiger partial charge in [0.1, 0.15) is 5.69 Å². The van der Waals surface area contributed by atoms with Gasteiger partial charge in [0.2, 0.25) is 0 Å². The number of benzene rings is 2. The van der Waals surface area contributed by atoms with Crippen LogP contribution in [-0.2, 0) is 13.0 Å². The van der Waals surface area contributed by atoms with Crippen molar-refractivity contribution in [3.63, 3.8) is 0 Å². The molecule has 2 heterocycles. The zero-order valence-electron chi connectivity index (χ0n) is 15.9. The van der Waals surface area contributed by atoms with E-state index in [9.17, 15) is 10.1 Å². The maximum atomic E-state index is 11.7. The molecule has 0 aliphatic heterocycles. The van der Waals surface area contributed by atoms with Crippen molar-refractivity contribution in [3.05, 3.63) is 75.6 Å². The molecule has 0 saturated heterocycles. The van der Waals surface area contributed by atoms with E-state index in [1.165, 1.54) is 0 Å². The summed E-state index contributed by atoms with van der Waals surface area (Å²) < 4.78 is 2.06. The number of aryl methyl sites for hydroxylation is 2. The monoisotopic (exact) mass is 391 g/mol. The number of nitro groups is 1. The predicted octanol–water partition coefficient (Wildman–Crippen LogP) is 6.23. The number of rotatable bonds is 6. The maximum Gasteiger partial charge on any atom is 0.293 e. The fourth-order valence-electron chi connectivity index (χ4n) is 3.51. The van der Waals surface area contributed by atoms with Crippen molar-refractivity contribution in [3.8, 4) is 0 Å². The molecule has 142 valence electrons. The minimum atomic E-state index is -0.312. The molecule has 0 saturated carbocycles. The quantitative estimate of drug-likeness (QED) is 0.312. The number of pyridine rings is 1. The van der Waals surface area contributed by atoms with E-state index in [1.54, 1.807) is 17.4 Å². The van der Waals surface area contributed by atoms with Gasteiger partial charge in [-0.3, -0.25) is 15.1 Å². The summed E-state index contributed by atoms with van der Waals surface area (Å²) in [6.45, 7) is 4.68. The van der Waals surface area contributed by atoms with E-state index in [0.29, 0.717) is 12.2 Å². The molecular weight excluding hydrogens is 370 g/mol. The van der Waals surface area contributed by atoms with E-state index in [2.05, 4.69) is 18.3 Å². The van der Waals surface area contributed by atoms with Gasteiger partial charge in [-0.05, 0) is 31.0 Å². The van der Waals surface area contributed by atoms with E-state index in [1.807, 2.05) is 43.3 Å². The van der Waals surface area contributed by atoms with Gasteiger partial charge in [0, 0.05) is 33.8 Å². The lowest BCUT2D eigenvalue weighted by Gasteiger charge is -2.08. The van der Waals surface area contributed by atoms with Crippen LogP contribution in [0.1, 0.15) is 30.3 Å². The van der Waals surface area contributed by atoms with Crippen LogP contribution >= 0.6 is 11.3 Å². The summed E-state index contributed by atoms with van der Waals surface area (Å²) in [6, 6.07) is 15.6. The van der Waals surface area contributed by atoms with Gasteiger partial charge in [-0.1, -0.05) is 43.7 Å². The minimum Gasteiger partial charge on any atom is -0.375 e. The number of anilines is 1. The van der Waals surface area contributed by atoms with Crippen LogP contribution in [0.25, 0.3) is 20.2 Å². The van der Waals surface area contributed by atoms with Gasteiger partial charge >= 0.3 is 0 Å². The largest absolute Gasteiger partial charge is 0.375 e. The molecule has 0 amide bonds. The smallest absolute Gasteiger partial charge is 0.293 e. The molecule has 1 N–H and O–H groups in total. The first-order chi connectivity index (χ1) is 13.6. The molecule has 0 radical (unpaired) electrons. The lowest BCUT2D eigenvalue weighted by Crippen LogP contribution is -2.02. The fraction of sp³-hybridized carbons (Fsp3) is 0.227. The zero-order chi connectivity index (χ0) is 19.7. The Bertz CT molecular complexity index is 1170. The van der Waals surface area contributed by atoms with E-state index < -0.39 is 0 Å². The van der Waals surface area contributed by atoms with Crippen molar-refractivity contribution in [2.45, 2.75) is 33.2 Å². The van der Waals surface area contributed by atoms with Gasteiger partial charge in [0.15, 0.2) is 0 Å². The molecule has 6 heteroatoms. The van der Waals surface area contributed by atoms with E-state index in [0.717, 1.165) is 50.0 Å². The molecular formula is C22H21N3O2S. The van der Waals surface area contributed by atoms with Crippen LogP contribution in [0, 0.1) is 17.0 Å². The molecule has 28 heavy (non-hydrogen) atoms. The van der Waals surface area contributed by atoms with Crippen LogP contribution in [0.5, 0.6) is 0 Å². The summed E-state index contributed by atoms with van der Waals surface area (Å²) in [5.74, 6) is 0. The molecule has 0 unspecified atom stereocenters. The number of aromatic nitrogens is 1. The Morgan fingerprint density at radius 1 is 1.14 bits per heavy atom. The normalized spacial score (nSPS) is 11.2. The van der Waals surface area contributed by atoms with Crippen LogP contribution < -0.4 is 5.32 Å². The number of hydrogen-bond acceptors (Lipinski definition) is 5. The fourth-order valence-corrected chi connectivity index (χ4v) is 4.72. The number of fused-ring (bicyclic) bond motifs is 3. The van der Waals surface area contributed by atoms with Crippen LogP contribution in [0.4, 0.5) is 11.4 Å². The van der Waals surface area contributed by atoms with Gasteiger partial charge < -0.3 is 5.32 Å². The first kappa shape index (κ1) is 18.4. The summed E-state index contributed by atoms with van der Waals surface area (Å²) in [5, 5.41) is 17.1. The first-order valence-corrected chi connectivity index (χ1v) is 10.2. The Labute approximate surface area is 167 Å². The van der Waals surface area contributed by atoms with Crippen molar-refractivity contribution in [2.75, 3.05) is 5.32 Å². The molecule has 0 fully saturated rings. The van der Waals surface area contributed by atoms with Crippen LogP contribution in [0.15, 0.2) is 48.5 Å². The molecule has 5 nitrogen and oxygen atoms in total. The third kappa shape index (κ3) is 3.43. The number of nitrogens with zero attached hydrogens (tertiary/aromatic N) is 2. The summed E-state index contributed by atoms with van der Waals surface area (Å²) in [7, 11) is 0. The van der Waals surface area contributed by atoms with Crippen molar-refractivity contribution in [2.24, 2.45) is 0 Å². The van der Waals surface area contributed by atoms with Gasteiger partial charge in [0.05, 0.1) is 15.3 Å². The molecule has 0 bridgehead atoms. The third-order valence-corrected chi connectivity index (χ3v) is 6.00. The molecule has 4 rings (SSSR count). The Morgan fingerprint density at radius 2 is 1.93 bits per heavy atom.